The third-order valence-electron chi connectivity index (χ3n) is 6.59. The van der Waals surface area contributed by atoms with E-state index in [1.54, 1.807) is 13.0 Å². The Morgan fingerprint density at radius 3 is 2.65 bits per heavy atom. The summed E-state index contributed by atoms with van der Waals surface area (Å²) >= 11 is 0. The van der Waals surface area contributed by atoms with Gasteiger partial charge in [0.1, 0.15) is 11.3 Å². The lowest BCUT2D eigenvalue weighted by Gasteiger charge is -2.40. The number of aryl methyl sites for hydroxylation is 1. The molecule has 2 fully saturated rings. The van der Waals surface area contributed by atoms with Gasteiger partial charge in [0.15, 0.2) is 0 Å². The molecule has 2 aromatic rings. The Labute approximate surface area is 154 Å². The number of benzene rings is 1. The van der Waals surface area contributed by atoms with E-state index in [0.29, 0.717) is 34.6 Å². The normalized spacial score (nSPS) is 28.0. The molecule has 2 bridgehead atoms. The lowest BCUT2D eigenvalue weighted by Crippen LogP contribution is -2.34. The zero-order chi connectivity index (χ0) is 18.9. The van der Waals surface area contributed by atoms with Crippen molar-refractivity contribution < 1.29 is 9.52 Å². The monoisotopic (exact) mass is 355 g/mol. The fraction of sp³-hybridized carbons (Fsp3) is 0.591. The summed E-state index contributed by atoms with van der Waals surface area (Å²) in [4.78, 5) is 14.7. The Morgan fingerprint density at radius 1 is 1.19 bits per heavy atom. The first-order valence-electron chi connectivity index (χ1n) is 9.58. The van der Waals surface area contributed by atoms with E-state index in [9.17, 15) is 9.90 Å². The van der Waals surface area contributed by atoms with Gasteiger partial charge in [0.2, 0.25) is 0 Å². The Kier molecular flexibility index (Phi) is 3.78. The van der Waals surface area contributed by atoms with Crippen molar-refractivity contribution in [2.24, 2.45) is 10.8 Å². The van der Waals surface area contributed by atoms with Crippen molar-refractivity contribution in [3.63, 3.8) is 0 Å². The van der Waals surface area contributed by atoms with Crippen LogP contribution in [0, 0.1) is 24.7 Å². The summed E-state index contributed by atoms with van der Waals surface area (Å²) < 4.78 is 5.63. The topological polar surface area (TPSA) is 53.7 Å². The smallest absolute Gasteiger partial charge is 0.339 e. The van der Waals surface area contributed by atoms with Crippen LogP contribution >= 0.6 is 0 Å². The molecule has 0 spiro atoms. The fourth-order valence-corrected chi connectivity index (χ4v) is 5.67. The van der Waals surface area contributed by atoms with Crippen LogP contribution in [0.1, 0.15) is 56.7 Å². The molecule has 4 rings (SSSR count). The quantitative estimate of drug-likeness (QED) is 0.805. The van der Waals surface area contributed by atoms with Crippen molar-refractivity contribution in [3.8, 4) is 5.75 Å². The summed E-state index contributed by atoms with van der Waals surface area (Å²) in [6.07, 6.45) is 3.63. The van der Waals surface area contributed by atoms with Crippen LogP contribution in [0.3, 0.4) is 0 Å². The number of phenolic OH excluding ortho intramolecular Hbond substituents is 1. The van der Waals surface area contributed by atoms with Crippen LogP contribution in [-0.2, 0) is 6.54 Å². The minimum absolute atomic E-state index is 0.217. The molecule has 1 N–H and O–H groups in total. The van der Waals surface area contributed by atoms with Crippen molar-refractivity contribution in [3.05, 3.63) is 39.2 Å². The highest BCUT2D eigenvalue weighted by Crippen LogP contribution is 2.53. The molecule has 1 aromatic carbocycles. The molecule has 4 nitrogen and oxygen atoms in total. The van der Waals surface area contributed by atoms with E-state index in [2.05, 4.69) is 25.7 Å². The van der Waals surface area contributed by atoms with E-state index in [4.69, 9.17) is 4.42 Å². The largest absolute Gasteiger partial charge is 0.507 e. The van der Waals surface area contributed by atoms with E-state index >= 15 is 0 Å². The Bertz CT molecular complexity index is 943. The molecule has 1 aliphatic heterocycles. The van der Waals surface area contributed by atoms with Crippen LogP contribution in [0.2, 0.25) is 0 Å². The molecular weight excluding hydrogens is 326 g/mol. The average Bonchev–Trinajstić information content (AvgIpc) is 2.76. The maximum Gasteiger partial charge on any atom is 0.339 e. The number of aromatic hydroxyl groups is 1. The second kappa shape index (κ2) is 5.59. The SMILES string of the molecule is Cc1c(C)c2ccc(O)c(CN3C[C@]4(C)C[C@H]3CC(C)(C)C4)c2oc1=O. The van der Waals surface area contributed by atoms with E-state index in [1.165, 1.54) is 19.3 Å². The van der Waals surface area contributed by atoms with Crippen molar-refractivity contribution in [1.29, 1.82) is 0 Å². The highest BCUT2D eigenvalue weighted by atomic mass is 16.4. The summed E-state index contributed by atoms with van der Waals surface area (Å²) in [6, 6.07) is 4.11. The second-order valence-corrected chi connectivity index (χ2v) is 9.70. The number of hydrogen-bond acceptors (Lipinski definition) is 4. The van der Waals surface area contributed by atoms with Gasteiger partial charge < -0.3 is 9.52 Å². The van der Waals surface area contributed by atoms with Crippen LogP contribution in [0.15, 0.2) is 21.3 Å². The number of rotatable bonds is 2. The van der Waals surface area contributed by atoms with E-state index in [0.717, 1.165) is 23.1 Å². The van der Waals surface area contributed by atoms with E-state index in [1.807, 2.05) is 13.0 Å². The first kappa shape index (κ1) is 17.6. The molecule has 2 aliphatic rings. The van der Waals surface area contributed by atoms with Crippen LogP contribution < -0.4 is 5.63 Å². The zero-order valence-electron chi connectivity index (χ0n) is 16.5. The molecule has 4 heteroatoms. The molecule has 1 aliphatic carbocycles. The van der Waals surface area contributed by atoms with E-state index < -0.39 is 0 Å². The molecule has 1 saturated heterocycles. The molecule has 1 saturated carbocycles. The predicted octanol–water partition coefficient (Wildman–Crippen LogP) is 4.52. The van der Waals surface area contributed by atoms with Crippen LogP contribution in [0.5, 0.6) is 5.75 Å². The minimum atomic E-state index is -0.310. The standard InChI is InChI=1S/C22H29NO3/c1-13-14(2)20(25)26-19-16(13)6-7-18(24)17(19)10-23-12-22(5)9-15(23)8-21(3,4)11-22/h6-7,15,24H,8-12H2,1-5H3/t15-,22-/m1/s1. The molecule has 0 radical (unpaired) electrons. The van der Waals surface area contributed by atoms with Crippen LogP contribution in [0.4, 0.5) is 0 Å². The van der Waals surface area contributed by atoms with Crippen LogP contribution in [-0.4, -0.2) is 22.6 Å². The maximum atomic E-state index is 12.2. The molecule has 2 heterocycles. The Balaban J connectivity index is 1.77. The second-order valence-electron chi connectivity index (χ2n) is 9.70. The summed E-state index contributed by atoms with van der Waals surface area (Å²) in [5.41, 5.74) is 3.25. The van der Waals surface area contributed by atoms with Gasteiger partial charge in [0.25, 0.3) is 0 Å². The molecule has 1 aromatic heterocycles. The Hall–Kier alpha value is -1.81. The fourth-order valence-electron chi connectivity index (χ4n) is 5.67. The summed E-state index contributed by atoms with van der Waals surface area (Å²) in [5.74, 6) is 0.217. The number of fused-ring (bicyclic) bond motifs is 3. The summed E-state index contributed by atoms with van der Waals surface area (Å²) in [6.45, 7) is 12.5. The summed E-state index contributed by atoms with van der Waals surface area (Å²) in [7, 11) is 0. The van der Waals surface area contributed by atoms with Crippen molar-refractivity contribution in [2.75, 3.05) is 6.54 Å². The van der Waals surface area contributed by atoms with Crippen LogP contribution in [0.25, 0.3) is 11.0 Å². The van der Waals surface area contributed by atoms with Gasteiger partial charge in [-0.05, 0) is 61.6 Å². The van der Waals surface area contributed by atoms with Gasteiger partial charge >= 0.3 is 5.63 Å². The molecule has 0 unspecified atom stereocenters. The third kappa shape index (κ3) is 2.75. The maximum absolute atomic E-state index is 12.2. The van der Waals surface area contributed by atoms with Gasteiger partial charge in [-0.1, -0.05) is 20.8 Å². The number of phenols is 1. The van der Waals surface area contributed by atoms with Gasteiger partial charge in [-0.25, -0.2) is 4.79 Å². The molecule has 2 atom stereocenters. The van der Waals surface area contributed by atoms with Gasteiger partial charge in [0, 0.05) is 30.1 Å². The first-order chi connectivity index (χ1) is 12.1. The zero-order valence-corrected chi connectivity index (χ0v) is 16.5. The van der Waals surface area contributed by atoms with Crippen molar-refractivity contribution >= 4 is 11.0 Å². The summed E-state index contributed by atoms with van der Waals surface area (Å²) in [5, 5.41) is 11.5. The van der Waals surface area contributed by atoms with E-state index in [-0.39, 0.29) is 11.4 Å². The number of hydrogen-bond donors (Lipinski definition) is 1. The molecule has 140 valence electrons. The average molecular weight is 355 g/mol. The van der Waals surface area contributed by atoms with Crippen molar-refractivity contribution in [1.82, 2.24) is 4.90 Å². The lowest BCUT2D eigenvalue weighted by molar-refractivity contribution is 0.126. The predicted molar refractivity (Wildman–Crippen MR) is 104 cm³/mol. The minimum Gasteiger partial charge on any atom is -0.507 e. The first-order valence-corrected chi connectivity index (χ1v) is 9.58. The van der Waals surface area contributed by atoms with Gasteiger partial charge in [0.05, 0.1) is 5.56 Å². The van der Waals surface area contributed by atoms with Gasteiger partial charge in [-0.15, -0.1) is 0 Å². The van der Waals surface area contributed by atoms with Gasteiger partial charge in [-0.3, -0.25) is 4.90 Å². The molecule has 0 amide bonds. The Morgan fingerprint density at radius 2 is 1.92 bits per heavy atom. The lowest BCUT2D eigenvalue weighted by atomic mass is 9.65. The number of nitrogens with zero attached hydrogens (tertiary/aromatic N) is 1. The number of likely N-dealkylation sites (tertiary alicyclic amines) is 1. The van der Waals surface area contributed by atoms with Crippen molar-refractivity contribution in [2.45, 2.75) is 66.5 Å². The molecule has 26 heavy (non-hydrogen) atoms. The highest BCUT2D eigenvalue weighted by molar-refractivity contribution is 5.85. The molecular formula is C22H29NO3. The highest BCUT2D eigenvalue weighted by Gasteiger charge is 2.49. The third-order valence-corrected chi connectivity index (χ3v) is 6.59. The van der Waals surface area contributed by atoms with Gasteiger partial charge in [-0.2, -0.15) is 0 Å².